The Balaban J connectivity index is 1.12. The first-order chi connectivity index (χ1) is 20.1. The summed E-state index contributed by atoms with van der Waals surface area (Å²) in [6.07, 6.45) is 23.9. The minimum absolute atomic E-state index is 0.0116. The van der Waals surface area contributed by atoms with Crippen LogP contribution in [0.1, 0.15) is 92.8 Å². The molecular formula is C37H38N2OS. The van der Waals surface area contributed by atoms with Crippen molar-refractivity contribution in [3.05, 3.63) is 117 Å². The lowest BCUT2D eigenvalue weighted by molar-refractivity contribution is 0.244. The predicted molar refractivity (Wildman–Crippen MR) is 167 cm³/mol. The van der Waals surface area contributed by atoms with Crippen LogP contribution in [0.3, 0.4) is 0 Å². The van der Waals surface area contributed by atoms with Crippen LogP contribution in [0.2, 0.25) is 0 Å². The van der Waals surface area contributed by atoms with Gasteiger partial charge in [0.05, 0.1) is 18.2 Å². The number of hydrogen-bond donors (Lipinski definition) is 1. The first kappa shape index (κ1) is 24.8. The number of ether oxygens (including phenoxy) is 1. The summed E-state index contributed by atoms with van der Waals surface area (Å²) in [6, 6.07) is 15.5. The van der Waals surface area contributed by atoms with E-state index in [0.717, 1.165) is 37.9 Å². The van der Waals surface area contributed by atoms with Crippen LogP contribution in [0.25, 0.3) is 0 Å². The molecule has 4 heteroatoms. The molecule has 1 N–H and O–H groups in total. The lowest BCUT2D eigenvalue weighted by Gasteiger charge is -2.40. The van der Waals surface area contributed by atoms with Crippen LogP contribution in [0.5, 0.6) is 5.75 Å². The molecule has 4 heterocycles. The fourth-order valence-corrected chi connectivity index (χ4v) is 10.3. The van der Waals surface area contributed by atoms with E-state index in [9.17, 15) is 0 Å². The van der Waals surface area contributed by atoms with Crippen LogP contribution in [0, 0.1) is 0 Å². The number of nitrogens with zero attached hydrogens (tertiary/aromatic N) is 1. The summed E-state index contributed by atoms with van der Waals surface area (Å²) in [7, 11) is 0. The van der Waals surface area contributed by atoms with Crippen LogP contribution >= 0.6 is 11.8 Å². The zero-order chi connectivity index (χ0) is 27.3. The highest BCUT2D eigenvalue weighted by Crippen LogP contribution is 2.61. The zero-order valence-corrected chi connectivity index (χ0v) is 24.8. The molecule has 41 heavy (non-hydrogen) atoms. The van der Waals surface area contributed by atoms with Gasteiger partial charge in [0.25, 0.3) is 0 Å². The highest BCUT2D eigenvalue weighted by molar-refractivity contribution is 8.03. The van der Waals surface area contributed by atoms with Gasteiger partial charge in [-0.25, -0.2) is 0 Å². The molecule has 3 aliphatic carbocycles. The van der Waals surface area contributed by atoms with E-state index in [-0.39, 0.29) is 17.7 Å². The maximum atomic E-state index is 6.50. The van der Waals surface area contributed by atoms with E-state index in [0.29, 0.717) is 24.0 Å². The van der Waals surface area contributed by atoms with Gasteiger partial charge in [0, 0.05) is 32.7 Å². The van der Waals surface area contributed by atoms with Crippen molar-refractivity contribution >= 4 is 11.8 Å². The maximum Gasteiger partial charge on any atom is 0.124 e. The number of nitrogens with one attached hydrogen (secondary N) is 1. The number of benzene rings is 2. The number of rotatable bonds is 3. The molecule has 2 saturated heterocycles. The summed E-state index contributed by atoms with van der Waals surface area (Å²) in [4.78, 5) is 5.67. The van der Waals surface area contributed by atoms with E-state index in [4.69, 9.17) is 4.74 Å². The predicted octanol–water partition coefficient (Wildman–Crippen LogP) is 8.54. The maximum absolute atomic E-state index is 6.50. The molecule has 0 radical (unpaired) electrons. The van der Waals surface area contributed by atoms with Crippen LogP contribution in [0.15, 0.2) is 99.9 Å². The van der Waals surface area contributed by atoms with Crippen molar-refractivity contribution in [2.75, 3.05) is 0 Å². The number of allylic oxidation sites excluding steroid dienone is 7. The fourth-order valence-electron chi connectivity index (χ4n) is 8.78. The van der Waals surface area contributed by atoms with E-state index >= 15 is 0 Å². The van der Waals surface area contributed by atoms with Gasteiger partial charge in [-0.3, -0.25) is 10.2 Å². The Hall–Kier alpha value is -2.79. The highest BCUT2D eigenvalue weighted by Gasteiger charge is 2.63. The van der Waals surface area contributed by atoms with Crippen molar-refractivity contribution in [3.8, 4) is 5.75 Å². The summed E-state index contributed by atoms with van der Waals surface area (Å²) in [6.45, 7) is 4.90. The highest BCUT2D eigenvalue weighted by atomic mass is 32.2. The molecule has 7 aliphatic rings. The van der Waals surface area contributed by atoms with E-state index in [2.05, 4.69) is 103 Å². The Kier molecular flexibility index (Phi) is 5.50. The number of hydrogen-bond acceptors (Lipinski definition) is 4. The molecule has 0 amide bonds. The third-order valence-corrected chi connectivity index (χ3v) is 11.9. The van der Waals surface area contributed by atoms with Gasteiger partial charge >= 0.3 is 0 Å². The van der Waals surface area contributed by atoms with Gasteiger partial charge in [0.1, 0.15) is 11.9 Å². The number of thioether (sulfide) groups is 1. The van der Waals surface area contributed by atoms with Crippen LogP contribution in [-0.4, -0.2) is 23.1 Å². The van der Waals surface area contributed by atoms with E-state index in [1.165, 1.54) is 44.0 Å². The van der Waals surface area contributed by atoms with Gasteiger partial charge in [-0.1, -0.05) is 91.9 Å². The van der Waals surface area contributed by atoms with Crippen molar-refractivity contribution in [3.63, 3.8) is 0 Å². The Morgan fingerprint density at radius 3 is 2.83 bits per heavy atom. The lowest BCUT2D eigenvalue weighted by atomic mass is 9.73. The van der Waals surface area contributed by atoms with Crippen molar-refractivity contribution in [1.82, 2.24) is 10.2 Å². The molecule has 7 unspecified atom stereocenters. The Bertz CT molecular complexity index is 1610. The van der Waals surface area contributed by atoms with E-state index < -0.39 is 0 Å². The average Bonchev–Trinajstić information content (AvgIpc) is 3.42. The quantitative estimate of drug-likeness (QED) is 0.301. The van der Waals surface area contributed by atoms with Gasteiger partial charge in [-0.05, 0) is 79.0 Å². The Labute approximate surface area is 248 Å². The normalized spacial score (nSPS) is 35.2. The SMILES string of the molecule is CC1(C)C2=CCCC=C2Sc2cccc(C3NC(C4=CC=CCC4)C4C(c5ccc6c(c5)OC5C=CCCC65)N34)c21. The summed E-state index contributed by atoms with van der Waals surface area (Å²) in [5.41, 5.74) is 8.87. The first-order valence-corrected chi connectivity index (χ1v) is 16.5. The monoisotopic (exact) mass is 558 g/mol. The molecule has 2 aromatic rings. The minimum Gasteiger partial charge on any atom is -0.485 e. The van der Waals surface area contributed by atoms with E-state index in [1.807, 2.05) is 11.8 Å². The summed E-state index contributed by atoms with van der Waals surface area (Å²) in [5, 5.41) is 4.17. The van der Waals surface area contributed by atoms with Crippen molar-refractivity contribution in [2.45, 2.75) is 99.0 Å². The van der Waals surface area contributed by atoms with Crippen molar-refractivity contribution < 1.29 is 4.74 Å². The largest absolute Gasteiger partial charge is 0.485 e. The first-order valence-electron chi connectivity index (χ1n) is 15.7. The van der Waals surface area contributed by atoms with Crippen LogP contribution in [-0.2, 0) is 5.41 Å². The topological polar surface area (TPSA) is 24.3 Å². The summed E-state index contributed by atoms with van der Waals surface area (Å²) < 4.78 is 6.50. The average molecular weight is 559 g/mol. The number of fused-ring (bicyclic) bond motifs is 6. The summed E-state index contributed by atoms with van der Waals surface area (Å²) in [5.74, 6) is 1.64. The second-order valence-corrected chi connectivity index (χ2v) is 14.4. The van der Waals surface area contributed by atoms with Gasteiger partial charge in [0.2, 0.25) is 0 Å². The van der Waals surface area contributed by atoms with Gasteiger partial charge < -0.3 is 4.74 Å². The van der Waals surface area contributed by atoms with Crippen molar-refractivity contribution in [2.24, 2.45) is 0 Å². The molecule has 4 aliphatic heterocycles. The molecule has 9 rings (SSSR count). The van der Waals surface area contributed by atoms with Gasteiger partial charge in [-0.15, -0.1) is 0 Å². The molecule has 0 aromatic heterocycles. The van der Waals surface area contributed by atoms with E-state index in [1.54, 1.807) is 5.57 Å². The molecule has 0 spiro atoms. The lowest BCUT2D eigenvalue weighted by Crippen LogP contribution is -2.37. The summed E-state index contributed by atoms with van der Waals surface area (Å²) >= 11 is 1.98. The Morgan fingerprint density at radius 1 is 1.00 bits per heavy atom. The third-order valence-electron chi connectivity index (χ3n) is 10.7. The molecule has 3 nitrogen and oxygen atoms in total. The molecule has 208 valence electrons. The van der Waals surface area contributed by atoms with Crippen LogP contribution in [0.4, 0.5) is 0 Å². The molecule has 0 bridgehead atoms. The molecular weight excluding hydrogens is 520 g/mol. The van der Waals surface area contributed by atoms with Crippen molar-refractivity contribution in [1.29, 1.82) is 0 Å². The minimum atomic E-state index is -0.0116. The Morgan fingerprint density at radius 2 is 1.93 bits per heavy atom. The second-order valence-electron chi connectivity index (χ2n) is 13.3. The molecule has 2 fully saturated rings. The second kappa shape index (κ2) is 9.10. The molecule has 7 atom stereocenters. The van der Waals surface area contributed by atoms with Gasteiger partial charge in [0.15, 0.2) is 0 Å². The molecule has 0 saturated carbocycles. The third kappa shape index (κ3) is 3.66. The molecule has 2 aromatic carbocycles. The zero-order valence-electron chi connectivity index (χ0n) is 24.0. The van der Waals surface area contributed by atoms with Crippen LogP contribution < -0.4 is 10.1 Å². The fraction of sp³-hybridized carbons (Fsp3) is 0.405. The standard InChI is InChI=1S/C37H38N2OS/c1-37(2)27-15-7-9-17-30(27)41-31-18-10-14-26(32(31)37)36-38-33(22-11-4-3-5-12-22)35-34(39(35)36)23-19-20-25-24-13-6-8-16-28(24)40-29(25)21-23/h3-4,8,10-11,14-21,24,28,33-36,38H,5-7,9,12-13H2,1-2H3. The smallest absolute Gasteiger partial charge is 0.124 e. The van der Waals surface area contributed by atoms with Gasteiger partial charge in [-0.2, -0.15) is 0 Å².